The normalized spacial score (nSPS) is 15.9. The molecule has 0 atom stereocenters. The molecule has 1 fully saturated rings. The second-order valence-electron chi connectivity index (χ2n) is 11.6. The highest BCUT2D eigenvalue weighted by Gasteiger charge is 2.24. The molecule has 2 aliphatic heterocycles. The van der Waals surface area contributed by atoms with Crippen LogP contribution >= 0.6 is 0 Å². The summed E-state index contributed by atoms with van der Waals surface area (Å²) in [6, 6.07) is 15.9. The van der Waals surface area contributed by atoms with Crippen molar-refractivity contribution in [3.8, 4) is 0 Å². The maximum absolute atomic E-state index is 4.94. The Hall–Kier alpha value is -4.11. The van der Waals surface area contributed by atoms with Gasteiger partial charge in [0.2, 0.25) is 0 Å². The summed E-state index contributed by atoms with van der Waals surface area (Å²) in [6.07, 6.45) is 5.09. The van der Waals surface area contributed by atoms with Crippen LogP contribution in [0.25, 0.3) is 11.2 Å². The zero-order chi connectivity index (χ0) is 27.9. The number of nitrogens with zero attached hydrogens (tertiary/aromatic N) is 7. The first-order chi connectivity index (χ1) is 20.0. The quantitative estimate of drug-likeness (QED) is 0.294. The first-order valence-electron chi connectivity index (χ1n) is 14.8. The lowest BCUT2D eigenvalue weighted by Crippen LogP contribution is -2.32. The molecule has 0 bridgehead atoms. The number of anilines is 2. The van der Waals surface area contributed by atoms with Gasteiger partial charge in [-0.3, -0.25) is 4.90 Å². The lowest BCUT2D eigenvalue weighted by Gasteiger charge is -2.30. The van der Waals surface area contributed by atoms with Crippen LogP contribution in [0.4, 0.5) is 11.4 Å². The third-order valence-electron chi connectivity index (χ3n) is 8.75. The lowest BCUT2D eigenvalue weighted by molar-refractivity contribution is 0.201. The summed E-state index contributed by atoms with van der Waals surface area (Å²) in [5, 5.41) is 18.4. The fourth-order valence-electron chi connectivity index (χ4n) is 6.58. The fourth-order valence-corrected chi connectivity index (χ4v) is 6.58. The van der Waals surface area contributed by atoms with Crippen molar-refractivity contribution in [1.29, 1.82) is 0 Å². The highest BCUT2D eigenvalue weighted by molar-refractivity contribution is 5.76. The van der Waals surface area contributed by atoms with Crippen molar-refractivity contribution in [3.05, 3.63) is 87.6 Å². The average molecular weight is 548 g/mol. The van der Waals surface area contributed by atoms with Gasteiger partial charge in [0.1, 0.15) is 11.3 Å². The van der Waals surface area contributed by atoms with Gasteiger partial charge >= 0.3 is 0 Å². The second-order valence-corrected chi connectivity index (χ2v) is 11.6. The molecule has 41 heavy (non-hydrogen) atoms. The molecule has 5 heterocycles. The van der Waals surface area contributed by atoms with E-state index in [-0.39, 0.29) is 0 Å². The molecule has 9 heteroatoms. The van der Waals surface area contributed by atoms with Crippen LogP contribution in [-0.2, 0) is 32.4 Å². The number of aryl methyl sites for hydroxylation is 5. The largest absolute Gasteiger partial charge is 0.355 e. The highest BCUT2D eigenvalue weighted by Crippen LogP contribution is 2.33. The smallest absolute Gasteiger partial charge is 0.177 e. The molecule has 7 rings (SSSR count). The summed E-state index contributed by atoms with van der Waals surface area (Å²) in [7, 11) is 0. The molecule has 2 N–H and O–H groups in total. The monoisotopic (exact) mass is 547 g/mol. The zero-order valence-electron chi connectivity index (χ0n) is 24.1. The molecule has 3 aromatic heterocycles. The number of H-pyrrole nitrogens is 1. The Morgan fingerprint density at radius 2 is 1.59 bits per heavy atom. The number of hydrogen-bond donors (Lipinski definition) is 2. The van der Waals surface area contributed by atoms with E-state index in [1.165, 1.54) is 39.2 Å². The molecule has 5 aromatic rings. The van der Waals surface area contributed by atoms with Gasteiger partial charge < -0.3 is 9.88 Å². The molecule has 0 saturated carbocycles. The fraction of sp³-hybridized carbons (Fsp3) is 0.406. The molecule has 9 nitrogen and oxygen atoms in total. The number of imidazole rings is 1. The molecule has 2 aliphatic rings. The van der Waals surface area contributed by atoms with Crippen molar-refractivity contribution in [1.82, 2.24) is 40.1 Å². The van der Waals surface area contributed by atoms with Crippen molar-refractivity contribution in [2.24, 2.45) is 0 Å². The van der Waals surface area contributed by atoms with Crippen LogP contribution in [0.1, 0.15) is 70.8 Å². The van der Waals surface area contributed by atoms with Crippen molar-refractivity contribution in [2.75, 3.05) is 18.4 Å². The Morgan fingerprint density at radius 3 is 2.24 bits per heavy atom. The predicted octanol–water partition coefficient (Wildman–Crippen LogP) is 5.39. The predicted molar refractivity (Wildman–Crippen MR) is 160 cm³/mol. The minimum Gasteiger partial charge on any atom is -0.355 e. The van der Waals surface area contributed by atoms with Crippen LogP contribution in [-0.4, -0.2) is 53.1 Å². The number of hydrogen-bond acceptors (Lipinski definition) is 7. The van der Waals surface area contributed by atoms with Gasteiger partial charge in [-0.15, -0.1) is 10.2 Å². The van der Waals surface area contributed by atoms with Crippen molar-refractivity contribution in [3.63, 3.8) is 0 Å². The van der Waals surface area contributed by atoms with E-state index in [0.717, 1.165) is 86.8 Å². The van der Waals surface area contributed by atoms with Gasteiger partial charge in [0.15, 0.2) is 11.5 Å². The van der Waals surface area contributed by atoms with Crippen LogP contribution in [0, 0.1) is 13.8 Å². The first kappa shape index (κ1) is 25.8. The lowest BCUT2D eigenvalue weighted by atomic mass is 9.95. The number of benzene rings is 2. The molecule has 1 saturated heterocycles. The van der Waals surface area contributed by atoms with Gasteiger partial charge in [-0.05, 0) is 98.6 Å². The van der Waals surface area contributed by atoms with Crippen LogP contribution in [0.15, 0.2) is 42.5 Å². The maximum Gasteiger partial charge on any atom is 0.177 e. The maximum atomic E-state index is 4.94. The summed E-state index contributed by atoms with van der Waals surface area (Å²) in [5.74, 6) is 2.36. The summed E-state index contributed by atoms with van der Waals surface area (Å²) in [6.45, 7) is 10.2. The number of piperidine rings is 1. The third-order valence-corrected chi connectivity index (χ3v) is 8.75. The third kappa shape index (κ3) is 5.10. The Morgan fingerprint density at radius 1 is 0.878 bits per heavy atom. The van der Waals surface area contributed by atoms with Crippen LogP contribution in [0.5, 0.6) is 0 Å². The molecule has 0 radical (unpaired) electrons. The number of nitrogens with one attached hydrogen (secondary N) is 2. The van der Waals surface area contributed by atoms with Crippen LogP contribution in [0.2, 0.25) is 0 Å². The van der Waals surface area contributed by atoms with Gasteiger partial charge in [0.05, 0.1) is 6.54 Å². The Balaban J connectivity index is 1.06. The van der Waals surface area contributed by atoms with E-state index in [4.69, 9.17) is 9.97 Å². The molecule has 0 aliphatic carbocycles. The Labute approximate surface area is 240 Å². The van der Waals surface area contributed by atoms with Gasteiger partial charge in [-0.1, -0.05) is 36.4 Å². The molecule has 0 amide bonds. The van der Waals surface area contributed by atoms with E-state index in [0.29, 0.717) is 5.92 Å². The van der Waals surface area contributed by atoms with Gasteiger partial charge in [0, 0.05) is 36.0 Å². The van der Waals surface area contributed by atoms with Crippen molar-refractivity contribution < 1.29 is 0 Å². The number of likely N-dealkylation sites (tertiary alicyclic amines) is 1. The molecular weight excluding hydrogens is 510 g/mol. The second kappa shape index (κ2) is 10.7. The number of rotatable bonds is 6. The van der Waals surface area contributed by atoms with E-state index >= 15 is 0 Å². The number of pyridine rings is 1. The van der Waals surface area contributed by atoms with Gasteiger partial charge in [0.25, 0.3) is 0 Å². The van der Waals surface area contributed by atoms with Crippen LogP contribution < -0.4 is 5.32 Å². The molecule has 2 aromatic carbocycles. The highest BCUT2D eigenvalue weighted by atomic mass is 15.5. The van der Waals surface area contributed by atoms with E-state index in [1.807, 2.05) is 0 Å². The summed E-state index contributed by atoms with van der Waals surface area (Å²) < 4.78 is 2.30. The molecular formula is C32H37N9. The summed E-state index contributed by atoms with van der Waals surface area (Å²) in [5.41, 5.74) is 12.1. The van der Waals surface area contributed by atoms with E-state index < -0.39 is 0 Å². The average Bonchev–Trinajstić information content (AvgIpc) is 3.59. The summed E-state index contributed by atoms with van der Waals surface area (Å²) >= 11 is 0. The van der Waals surface area contributed by atoms with Gasteiger partial charge in [-0.25, -0.2) is 9.97 Å². The van der Waals surface area contributed by atoms with Crippen LogP contribution in [0.3, 0.4) is 0 Å². The Bertz CT molecular complexity index is 1690. The molecule has 0 spiro atoms. The SMILES string of the molecule is CCc1nc2c(C)cc(C)nc2n1Cc1ccc2c(c1)CCc1cc(CN3CCC(c4nn[nH]n4)CC3)ccc1N2. The Kier molecular flexibility index (Phi) is 6.74. The minimum atomic E-state index is 0.412. The van der Waals surface area contributed by atoms with E-state index in [1.54, 1.807) is 0 Å². The molecule has 0 unspecified atom stereocenters. The minimum absolute atomic E-state index is 0.412. The van der Waals surface area contributed by atoms with Crippen molar-refractivity contribution >= 4 is 22.5 Å². The van der Waals surface area contributed by atoms with Gasteiger partial charge in [-0.2, -0.15) is 5.21 Å². The first-order valence-corrected chi connectivity index (χ1v) is 14.8. The number of tetrazole rings is 1. The zero-order valence-corrected chi connectivity index (χ0v) is 24.1. The van der Waals surface area contributed by atoms with Crippen molar-refractivity contribution in [2.45, 2.75) is 71.9 Å². The topological polar surface area (TPSA) is 100 Å². The summed E-state index contributed by atoms with van der Waals surface area (Å²) in [4.78, 5) is 12.4. The van der Waals surface area contributed by atoms with E-state index in [9.17, 15) is 0 Å². The van der Waals surface area contributed by atoms with E-state index in [2.05, 4.69) is 98.6 Å². The molecule has 210 valence electrons. The number of aromatic amines is 1. The number of aromatic nitrogens is 7. The number of fused-ring (bicyclic) bond motifs is 3. The standard InChI is InChI=1S/C32H37N9/c1-4-29-35-30-20(2)15-21(3)33-32(30)41(29)19-23-6-10-28-26(17-23)8-7-25-16-22(5-9-27(25)34-28)18-40-13-11-24(12-14-40)31-36-38-39-37-31/h5-6,9-10,15-17,24,34H,4,7-8,11-14,18-19H2,1-3H3,(H,36,37,38,39).